The van der Waals surface area contributed by atoms with Crippen molar-refractivity contribution in [3.05, 3.63) is 41.5 Å². The minimum Gasteiger partial charge on any atom is -0.368 e. The summed E-state index contributed by atoms with van der Waals surface area (Å²) in [6.07, 6.45) is -11.5. The lowest BCUT2D eigenvalue weighted by atomic mass is 9.94. The van der Waals surface area contributed by atoms with Gasteiger partial charge in [0.1, 0.15) is 0 Å². The Labute approximate surface area is 169 Å². The molecule has 0 bridgehead atoms. The topological polar surface area (TPSA) is 53.0 Å². The van der Waals surface area contributed by atoms with Gasteiger partial charge in [-0.25, -0.2) is 0 Å². The Morgan fingerprint density at radius 3 is 2.23 bits per heavy atom. The number of benzene rings is 1. The van der Waals surface area contributed by atoms with Crippen LogP contribution in [0.4, 0.5) is 26.3 Å². The van der Waals surface area contributed by atoms with Gasteiger partial charge in [0.2, 0.25) is 0 Å². The van der Waals surface area contributed by atoms with Crippen LogP contribution in [0, 0.1) is 0 Å². The maximum atomic E-state index is 13.4. The van der Waals surface area contributed by atoms with Crippen molar-refractivity contribution < 1.29 is 41.0 Å². The number of aliphatic hydroxyl groups excluding tert-OH is 1. The van der Waals surface area contributed by atoms with Crippen molar-refractivity contribution in [1.82, 2.24) is 9.80 Å². The Bertz CT molecular complexity index is 769. The minimum absolute atomic E-state index is 0.173. The first-order chi connectivity index (χ1) is 13.8. The molecule has 30 heavy (non-hydrogen) atoms. The first-order valence-corrected chi connectivity index (χ1v) is 9.10. The van der Waals surface area contributed by atoms with Gasteiger partial charge < -0.3 is 14.7 Å². The molecule has 1 fully saturated rings. The zero-order valence-electron chi connectivity index (χ0n) is 16.2. The van der Waals surface area contributed by atoms with Crippen LogP contribution < -0.4 is 0 Å². The monoisotopic (exact) mass is 440 g/mol. The molecular weight excluding hydrogens is 418 g/mol. The van der Waals surface area contributed by atoms with Gasteiger partial charge in [0.25, 0.3) is 5.91 Å². The highest BCUT2D eigenvalue weighted by molar-refractivity contribution is 6.19. The Kier molecular flexibility index (Phi) is 7.54. The largest absolute Gasteiger partial charge is 0.417 e. The summed E-state index contributed by atoms with van der Waals surface area (Å²) in [5.41, 5.74) is -5.29. The Morgan fingerprint density at radius 2 is 1.73 bits per heavy atom. The van der Waals surface area contributed by atoms with E-state index in [1.807, 2.05) is 4.90 Å². The number of rotatable bonds is 6. The first kappa shape index (κ1) is 24.2. The van der Waals surface area contributed by atoms with Crippen LogP contribution in [0.2, 0.25) is 0 Å². The quantitative estimate of drug-likeness (QED) is 0.419. The smallest absolute Gasteiger partial charge is 0.368 e. The number of carbonyl (C=O) groups is 1. The predicted octanol–water partition coefficient (Wildman–Crippen LogP) is 3.24. The van der Waals surface area contributed by atoms with Crippen LogP contribution in [0.5, 0.6) is 0 Å². The van der Waals surface area contributed by atoms with Crippen molar-refractivity contribution in [2.75, 3.05) is 39.3 Å². The molecule has 1 atom stereocenters. The van der Waals surface area contributed by atoms with Crippen molar-refractivity contribution in [3.63, 3.8) is 0 Å². The van der Waals surface area contributed by atoms with Crippen LogP contribution in [0.1, 0.15) is 23.6 Å². The molecule has 5 nitrogen and oxygen atoms in total. The highest BCUT2D eigenvalue weighted by atomic mass is 19.4. The summed E-state index contributed by atoms with van der Waals surface area (Å²) in [7, 11) is 0. The van der Waals surface area contributed by atoms with Crippen molar-refractivity contribution in [3.8, 4) is 0 Å². The van der Waals surface area contributed by atoms with Crippen LogP contribution in [0.25, 0.3) is 5.57 Å². The van der Waals surface area contributed by atoms with E-state index in [0.29, 0.717) is 25.7 Å². The summed E-state index contributed by atoms with van der Waals surface area (Å²) in [6.45, 7) is 6.72. The average molecular weight is 440 g/mol. The number of hydrogen-bond donors (Lipinski definition) is 1. The summed E-state index contributed by atoms with van der Waals surface area (Å²) >= 11 is 0. The molecule has 11 heteroatoms. The highest BCUT2D eigenvalue weighted by Crippen LogP contribution is 2.43. The van der Waals surface area contributed by atoms with Crippen LogP contribution in [-0.2, 0) is 21.9 Å². The van der Waals surface area contributed by atoms with E-state index in [9.17, 15) is 31.1 Å². The molecule has 1 amide bonds. The fraction of sp³-hybridized carbons (Fsp3) is 0.526. The van der Waals surface area contributed by atoms with Crippen molar-refractivity contribution in [1.29, 1.82) is 0 Å². The second-order valence-electron chi connectivity index (χ2n) is 6.81. The predicted molar refractivity (Wildman–Crippen MR) is 96.1 cm³/mol. The zero-order chi connectivity index (χ0) is 22.7. The third kappa shape index (κ3) is 5.96. The molecule has 1 heterocycles. The minimum atomic E-state index is -5.31. The molecular formula is C19H22F6N2O3. The van der Waals surface area contributed by atoms with Crippen LogP contribution in [0.15, 0.2) is 24.8 Å². The summed E-state index contributed by atoms with van der Waals surface area (Å²) in [4.78, 5) is 15.8. The van der Waals surface area contributed by atoms with Gasteiger partial charge in [0, 0.05) is 38.3 Å². The van der Waals surface area contributed by atoms with E-state index >= 15 is 0 Å². The molecule has 1 aliphatic heterocycles. The number of piperazine rings is 1. The van der Waals surface area contributed by atoms with Gasteiger partial charge in [-0.3, -0.25) is 9.69 Å². The van der Waals surface area contributed by atoms with Gasteiger partial charge in [-0.1, -0.05) is 18.7 Å². The van der Waals surface area contributed by atoms with Gasteiger partial charge in [0.05, 0.1) is 17.7 Å². The van der Waals surface area contributed by atoms with E-state index < -0.39 is 46.8 Å². The normalized spacial score (nSPS) is 17.1. The molecule has 0 radical (unpaired) electrons. The van der Waals surface area contributed by atoms with Crippen LogP contribution in [-0.4, -0.2) is 66.4 Å². The lowest BCUT2D eigenvalue weighted by molar-refractivity contribution is -0.162. The maximum Gasteiger partial charge on any atom is 0.417 e. The van der Waals surface area contributed by atoms with Gasteiger partial charge in [0.15, 0.2) is 6.29 Å². The summed E-state index contributed by atoms with van der Waals surface area (Å²) in [5.74, 6) is -0.847. The van der Waals surface area contributed by atoms with Gasteiger partial charge >= 0.3 is 12.4 Å². The number of ether oxygens (including phenoxy) is 1. The molecule has 0 aliphatic carbocycles. The summed E-state index contributed by atoms with van der Waals surface area (Å²) in [6, 6.07) is 1.98. The SMILES string of the molecule is C=C(C(=O)N1CCN(CCOC(C)O)CC1)c1cccc(C(F)(F)F)c1C(F)(F)F. The Hall–Kier alpha value is -2.11. The van der Waals surface area contributed by atoms with Gasteiger partial charge in [-0.2, -0.15) is 26.3 Å². The molecule has 1 saturated heterocycles. The molecule has 168 valence electrons. The van der Waals surface area contributed by atoms with Crippen molar-refractivity contribution >= 4 is 11.5 Å². The molecule has 1 aliphatic rings. The second kappa shape index (κ2) is 9.36. The fourth-order valence-electron chi connectivity index (χ4n) is 3.18. The molecule has 1 aromatic rings. The molecule has 0 saturated carbocycles. The highest BCUT2D eigenvalue weighted by Gasteiger charge is 2.45. The lowest BCUT2D eigenvalue weighted by Gasteiger charge is -2.35. The average Bonchev–Trinajstić information content (AvgIpc) is 2.65. The summed E-state index contributed by atoms with van der Waals surface area (Å²) in [5, 5.41) is 9.06. The molecule has 1 N–H and O–H groups in total. The van der Waals surface area contributed by atoms with Crippen LogP contribution in [0.3, 0.4) is 0 Å². The number of alkyl halides is 6. The molecule has 0 aromatic heterocycles. The second-order valence-corrected chi connectivity index (χ2v) is 6.81. The number of nitrogens with zero attached hydrogens (tertiary/aromatic N) is 2. The lowest BCUT2D eigenvalue weighted by Crippen LogP contribution is -2.49. The fourth-order valence-corrected chi connectivity index (χ4v) is 3.18. The standard InChI is InChI=1S/C19H22F6N2O3/c1-12(14-4-3-5-15(18(20,21)22)16(14)19(23,24)25)17(29)27-8-6-26(7-9-27)10-11-30-13(2)28/h3-5,13,28H,1,6-11H2,2H3. The van der Waals surface area contributed by atoms with E-state index in [2.05, 4.69) is 6.58 Å². The maximum absolute atomic E-state index is 13.4. The van der Waals surface area contributed by atoms with E-state index in [-0.39, 0.29) is 19.7 Å². The van der Waals surface area contributed by atoms with E-state index in [4.69, 9.17) is 9.84 Å². The molecule has 0 spiro atoms. The zero-order valence-corrected chi connectivity index (χ0v) is 16.2. The number of carbonyl (C=O) groups excluding carboxylic acids is 1. The van der Waals surface area contributed by atoms with E-state index in [0.717, 1.165) is 12.1 Å². The third-order valence-electron chi connectivity index (χ3n) is 4.66. The number of hydrogen-bond acceptors (Lipinski definition) is 4. The van der Waals surface area contributed by atoms with Gasteiger partial charge in [-0.15, -0.1) is 0 Å². The Balaban J connectivity index is 2.15. The van der Waals surface area contributed by atoms with Crippen molar-refractivity contribution in [2.24, 2.45) is 0 Å². The van der Waals surface area contributed by atoms with Crippen LogP contribution >= 0.6 is 0 Å². The van der Waals surface area contributed by atoms with Crippen molar-refractivity contribution in [2.45, 2.75) is 25.6 Å². The number of halogens is 6. The Morgan fingerprint density at radius 1 is 1.13 bits per heavy atom. The van der Waals surface area contributed by atoms with E-state index in [1.165, 1.54) is 11.8 Å². The number of amides is 1. The number of aliphatic hydroxyl groups is 1. The molecule has 1 aromatic carbocycles. The molecule has 2 rings (SSSR count). The third-order valence-corrected chi connectivity index (χ3v) is 4.66. The van der Waals surface area contributed by atoms with Gasteiger partial charge in [-0.05, 0) is 18.6 Å². The molecule has 1 unspecified atom stereocenters. The first-order valence-electron chi connectivity index (χ1n) is 9.10. The van der Waals surface area contributed by atoms with E-state index in [1.54, 1.807) is 0 Å². The summed E-state index contributed by atoms with van der Waals surface area (Å²) < 4.78 is 84.7.